The van der Waals surface area contributed by atoms with Gasteiger partial charge in [-0.3, -0.25) is 4.79 Å². The fourth-order valence-corrected chi connectivity index (χ4v) is 2.25. The van der Waals surface area contributed by atoms with E-state index in [0.29, 0.717) is 6.42 Å². The van der Waals surface area contributed by atoms with E-state index in [1.54, 1.807) is 13.8 Å². The zero-order valence-corrected chi connectivity index (χ0v) is 11.1. The van der Waals surface area contributed by atoms with Gasteiger partial charge in [-0.1, -0.05) is 12.1 Å². The van der Waals surface area contributed by atoms with Gasteiger partial charge in [-0.2, -0.15) is 0 Å². The maximum atomic E-state index is 11.1. The van der Waals surface area contributed by atoms with Crippen LogP contribution >= 0.6 is 0 Å². The molecule has 0 amide bonds. The molecule has 98 valence electrons. The highest BCUT2D eigenvalue weighted by Crippen LogP contribution is 2.26. The van der Waals surface area contributed by atoms with E-state index >= 15 is 0 Å². The third-order valence-electron chi connectivity index (χ3n) is 3.73. The fourth-order valence-electron chi connectivity index (χ4n) is 2.25. The first-order chi connectivity index (χ1) is 8.49. The van der Waals surface area contributed by atoms with Crippen LogP contribution in [0.2, 0.25) is 0 Å². The summed E-state index contributed by atoms with van der Waals surface area (Å²) in [7, 11) is 0. The number of carboxylic acids is 1. The zero-order valence-electron chi connectivity index (χ0n) is 11.1. The lowest BCUT2D eigenvalue weighted by molar-refractivity contribution is -0.147. The molecule has 0 spiro atoms. The van der Waals surface area contributed by atoms with Crippen LogP contribution in [0.5, 0.6) is 0 Å². The van der Waals surface area contributed by atoms with Crippen molar-refractivity contribution >= 4 is 11.7 Å². The van der Waals surface area contributed by atoms with E-state index in [2.05, 4.69) is 23.5 Å². The van der Waals surface area contributed by atoms with Crippen LogP contribution in [-0.4, -0.2) is 17.6 Å². The van der Waals surface area contributed by atoms with Crippen molar-refractivity contribution < 1.29 is 9.90 Å². The lowest BCUT2D eigenvalue weighted by atomic mass is 9.86. The molecular formula is C15H21NO2. The Balaban J connectivity index is 2.04. The number of nitrogens with one attached hydrogen (secondary N) is 1. The first-order valence-electron chi connectivity index (χ1n) is 6.58. The number of hydrogen-bond donors (Lipinski definition) is 2. The molecular weight excluding hydrogens is 226 g/mol. The summed E-state index contributed by atoms with van der Waals surface area (Å²) in [6.45, 7) is 4.63. The number of benzene rings is 1. The van der Waals surface area contributed by atoms with E-state index < -0.39 is 11.4 Å². The van der Waals surface area contributed by atoms with Crippen LogP contribution in [0.3, 0.4) is 0 Å². The molecule has 0 saturated carbocycles. The molecule has 1 heterocycles. The summed E-state index contributed by atoms with van der Waals surface area (Å²) in [5, 5.41) is 12.5. The molecule has 0 radical (unpaired) electrons. The first-order valence-corrected chi connectivity index (χ1v) is 6.58. The second-order valence-corrected chi connectivity index (χ2v) is 5.71. The lowest BCUT2D eigenvalue weighted by Gasteiger charge is -2.21. The number of carboxylic acid groups (broad SMARTS) is 1. The van der Waals surface area contributed by atoms with Gasteiger partial charge >= 0.3 is 5.97 Å². The third kappa shape index (κ3) is 2.84. The van der Waals surface area contributed by atoms with Crippen molar-refractivity contribution in [3.05, 3.63) is 29.3 Å². The first kappa shape index (κ1) is 12.9. The van der Waals surface area contributed by atoms with Crippen LogP contribution in [0.4, 0.5) is 5.69 Å². The van der Waals surface area contributed by atoms with Gasteiger partial charge in [0.05, 0.1) is 5.41 Å². The summed E-state index contributed by atoms with van der Waals surface area (Å²) >= 11 is 0. The molecule has 0 saturated heterocycles. The number of rotatable bonds is 4. The van der Waals surface area contributed by atoms with Gasteiger partial charge in [0, 0.05) is 12.2 Å². The lowest BCUT2D eigenvalue weighted by Crippen LogP contribution is -2.24. The van der Waals surface area contributed by atoms with E-state index in [4.69, 9.17) is 5.11 Å². The van der Waals surface area contributed by atoms with Crippen LogP contribution in [0.15, 0.2) is 18.2 Å². The Morgan fingerprint density at radius 3 is 2.94 bits per heavy atom. The molecule has 2 N–H and O–H groups in total. The van der Waals surface area contributed by atoms with Gasteiger partial charge in [-0.15, -0.1) is 0 Å². The van der Waals surface area contributed by atoms with Gasteiger partial charge in [0.15, 0.2) is 0 Å². The Kier molecular flexibility index (Phi) is 3.60. The van der Waals surface area contributed by atoms with Crippen LogP contribution < -0.4 is 5.32 Å². The number of fused-ring (bicyclic) bond motifs is 1. The maximum Gasteiger partial charge on any atom is 0.309 e. The summed E-state index contributed by atoms with van der Waals surface area (Å²) in [4.78, 5) is 11.1. The quantitative estimate of drug-likeness (QED) is 0.859. The average Bonchev–Trinajstić information content (AvgIpc) is 2.36. The van der Waals surface area contributed by atoms with Gasteiger partial charge in [0.25, 0.3) is 0 Å². The van der Waals surface area contributed by atoms with Crippen molar-refractivity contribution in [2.75, 3.05) is 11.9 Å². The zero-order chi connectivity index (χ0) is 13.2. The van der Waals surface area contributed by atoms with Crippen molar-refractivity contribution in [1.29, 1.82) is 0 Å². The predicted molar refractivity (Wildman–Crippen MR) is 73.0 cm³/mol. The molecule has 3 nitrogen and oxygen atoms in total. The minimum atomic E-state index is -0.720. The van der Waals surface area contributed by atoms with Crippen molar-refractivity contribution in [1.82, 2.24) is 0 Å². The Morgan fingerprint density at radius 2 is 2.22 bits per heavy atom. The average molecular weight is 247 g/mol. The van der Waals surface area contributed by atoms with E-state index in [9.17, 15) is 4.79 Å². The van der Waals surface area contributed by atoms with Crippen LogP contribution in [0, 0.1) is 5.41 Å². The molecule has 3 heteroatoms. The van der Waals surface area contributed by atoms with Crippen molar-refractivity contribution in [3.63, 3.8) is 0 Å². The SMILES string of the molecule is CC(C)(CCc1ccc2c(c1)CCCN2)C(=O)O. The van der Waals surface area contributed by atoms with Gasteiger partial charge in [0.2, 0.25) is 0 Å². The number of carbonyl (C=O) groups is 1. The minimum absolute atomic E-state index is 0.645. The highest BCUT2D eigenvalue weighted by atomic mass is 16.4. The Hall–Kier alpha value is -1.51. The molecule has 0 unspecified atom stereocenters. The molecule has 0 aromatic heterocycles. The number of aliphatic carboxylic acids is 1. The number of hydrogen-bond acceptors (Lipinski definition) is 2. The van der Waals surface area contributed by atoms with Crippen molar-refractivity contribution in [2.45, 2.75) is 39.5 Å². The molecule has 18 heavy (non-hydrogen) atoms. The predicted octanol–water partition coefficient (Wildman–Crippen LogP) is 3.09. The Bertz CT molecular complexity index is 452. The van der Waals surface area contributed by atoms with E-state index in [0.717, 1.165) is 19.4 Å². The van der Waals surface area contributed by atoms with Gasteiger partial charge in [0.1, 0.15) is 0 Å². The van der Waals surface area contributed by atoms with E-state index in [1.807, 2.05) is 0 Å². The fraction of sp³-hybridized carbons (Fsp3) is 0.533. The summed E-state index contributed by atoms with van der Waals surface area (Å²) < 4.78 is 0. The standard InChI is InChI=1S/C15H21NO2/c1-15(2,14(17)18)8-7-11-5-6-13-12(10-11)4-3-9-16-13/h5-6,10,16H,3-4,7-9H2,1-2H3,(H,17,18). The van der Waals surface area contributed by atoms with Gasteiger partial charge < -0.3 is 10.4 Å². The molecule has 0 aliphatic carbocycles. The third-order valence-corrected chi connectivity index (χ3v) is 3.73. The molecule has 1 aliphatic heterocycles. The molecule has 2 rings (SSSR count). The Labute approximate surface area is 108 Å². The second-order valence-electron chi connectivity index (χ2n) is 5.71. The maximum absolute atomic E-state index is 11.1. The molecule has 0 fully saturated rings. The van der Waals surface area contributed by atoms with Crippen LogP contribution in [-0.2, 0) is 17.6 Å². The molecule has 1 aromatic rings. The molecule has 1 aliphatic rings. The van der Waals surface area contributed by atoms with E-state index in [-0.39, 0.29) is 0 Å². The summed E-state index contributed by atoms with van der Waals surface area (Å²) in [5.41, 5.74) is 3.20. The monoisotopic (exact) mass is 247 g/mol. The second kappa shape index (κ2) is 5.01. The normalized spacial score (nSPS) is 14.8. The Morgan fingerprint density at radius 1 is 1.44 bits per heavy atom. The van der Waals surface area contributed by atoms with Crippen molar-refractivity contribution in [2.24, 2.45) is 5.41 Å². The highest BCUT2D eigenvalue weighted by molar-refractivity contribution is 5.73. The minimum Gasteiger partial charge on any atom is -0.481 e. The van der Waals surface area contributed by atoms with Gasteiger partial charge in [-0.25, -0.2) is 0 Å². The summed E-state index contributed by atoms with van der Waals surface area (Å²) in [6, 6.07) is 6.45. The van der Waals surface area contributed by atoms with Crippen molar-refractivity contribution in [3.8, 4) is 0 Å². The molecule has 0 bridgehead atoms. The van der Waals surface area contributed by atoms with Gasteiger partial charge in [-0.05, 0) is 56.7 Å². The topological polar surface area (TPSA) is 49.3 Å². The largest absolute Gasteiger partial charge is 0.481 e. The highest BCUT2D eigenvalue weighted by Gasteiger charge is 2.26. The molecule has 0 atom stereocenters. The number of aryl methyl sites for hydroxylation is 2. The van der Waals surface area contributed by atoms with E-state index in [1.165, 1.54) is 23.2 Å². The summed E-state index contributed by atoms with van der Waals surface area (Å²) in [6.07, 6.45) is 3.80. The number of anilines is 1. The molecule has 1 aromatic carbocycles. The van der Waals surface area contributed by atoms with Crippen LogP contribution in [0.1, 0.15) is 37.8 Å². The summed E-state index contributed by atoms with van der Waals surface area (Å²) in [5.74, 6) is -0.720. The van der Waals surface area contributed by atoms with Crippen LogP contribution in [0.25, 0.3) is 0 Å². The smallest absolute Gasteiger partial charge is 0.309 e.